The molecule has 2 aromatic rings. The molecule has 0 fully saturated rings. The third-order valence-corrected chi connectivity index (χ3v) is 5.98. The molecule has 152 valence electrons. The van der Waals surface area contributed by atoms with E-state index in [0.717, 1.165) is 10.4 Å². The highest BCUT2D eigenvalue weighted by atomic mass is 127. The molecule has 0 saturated carbocycles. The number of ether oxygens (including phenoxy) is 2. The maximum Gasteiger partial charge on any atom is 0.341 e. The Morgan fingerprint density at radius 2 is 2.07 bits per heavy atom. The van der Waals surface area contributed by atoms with Gasteiger partial charge in [0.25, 0.3) is 5.91 Å². The third-order valence-electron chi connectivity index (χ3n) is 4.04. The lowest BCUT2D eigenvalue weighted by atomic mass is 10.1. The number of anilines is 1. The van der Waals surface area contributed by atoms with Gasteiger partial charge < -0.3 is 19.9 Å². The molecule has 7 nitrogen and oxygen atoms in total. The number of phenolic OH excluding ortho intramolecular Hbond substituents is 1. The number of amides is 1. The third kappa shape index (κ3) is 5.07. The Bertz CT molecular complexity index is 1040. The highest BCUT2D eigenvalue weighted by Gasteiger charge is 2.23. The smallest absolute Gasteiger partial charge is 0.341 e. The van der Waals surface area contributed by atoms with Crippen LogP contribution in [0.1, 0.15) is 33.3 Å². The first-order chi connectivity index (χ1) is 13.7. The molecule has 0 bridgehead atoms. The van der Waals surface area contributed by atoms with Crippen molar-refractivity contribution in [2.24, 2.45) is 0 Å². The molecule has 1 heterocycles. The van der Waals surface area contributed by atoms with Gasteiger partial charge in [-0.1, -0.05) is 0 Å². The van der Waals surface area contributed by atoms with Crippen LogP contribution in [0.2, 0.25) is 0 Å². The molecule has 1 aromatic heterocycles. The molecular formula is C20H19IN2O5S. The molecule has 0 aliphatic heterocycles. The van der Waals surface area contributed by atoms with Crippen LogP contribution in [0.4, 0.5) is 5.00 Å². The van der Waals surface area contributed by atoms with E-state index < -0.39 is 11.9 Å². The number of phenols is 1. The van der Waals surface area contributed by atoms with Crippen molar-refractivity contribution in [1.82, 2.24) is 0 Å². The van der Waals surface area contributed by atoms with Crippen LogP contribution in [0.15, 0.2) is 17.7 Å². The molecule has 1 amide bonds. The molecule has 0 atom stereocenters. The van der Waals surface area contributed by atoms with Crippen molar-refractivity contribution in [1.29, 1.82) is 5.26 Å². The molecule has 2 rings (SSSR count). The van der Waals surface area contributed by atoms with Gasteiger partial charge in [-0.05, 0) is 72.7 Å². The van der Waals surface area contributed by atoms with Crippen molar-refractivity contribution >= 4 is 56.9 Å². The van der Waals surface area contributed by atoms with Crippen LogP contribution in [0.5, 0.6) is 11.5 Å². The first-order valence-electron chi connectivity index (χ1n) is 8.50. The van der Waals surface area contributed by atoms with Gasteiger partial charge in [-0.15, -0.1) is 11.3 Å². The summed E-state index contributed by atoms with van der Waals surface area (Å²) in [6.07, 6.45) is 1.39. The van der Waals surface area contributed by atoms with Gasteiger partial charge in [0.05, 0.1) is 22.9 Å². The monoisotopic (exact) mass is 526 g/mol. The summed E-state index contributed by atoms with van der Waals surface area (Å²) in [4.78, 5) is 25.8. The van der Waals surface area contributed by atoms with Gasteiger partial charge in [-0.25, -0.2) is 4.79 Å². The van der Waals surface area contributed by atoms with Gasteiger partial charge in [0.2, 0.25) is 0 Å². The number of hydrogen-bond acceptors (Lipinski definition) is 7. The zero-order valence-electron chi connectivity index (χ0n) is 16.3. The molecule has 2 N–H and O–H groups in total. The number of nitriles is 1. The Morgan fingerprint density at radius 3 is 2.66 bits per heavy atom. The number of halogens is 1. The van der Waals surface area contributed by atoms with Crippen LogP contribution < -0.4 is 10.1 Å². The Kier molecular flexibility index (Phi) is 7.64. The summed E-state index contributed by atoms with van der Waals surface area (Å²) in [6, 6.07) is 5.01. The SMILES string of the molecule is CCOC(=O)c1c(NC(=O)C(C#N)=Cc2cc(I)c(O)c(OC)c2)sc(C)c1C. The average Bonchev–Trinajstić information content (AvgIpc) is 2.95. The van der Waals surface area contributed by atoms with E-state index in [-0.39, 0.29) is 23.7 Å². The minimum atomic E-state index is -0.652. The zero-order valence-corrected chi connectivity index (χ0v) is 19.2. The molecule has 0 aliphatic rings. The maximum atomic E-state index is 12.7. The number of carbonyl (C=O) groups is 2. The maximum absolute atomic E-state index is 12.7. The Balaban J connectivity index is 2.38. The number of hydrogen-bond donors (Lipinski definition) is 2. The predicted molar refractivity (Wildman–Crippen MR) is 119 cm³/mol. The van der Waals surface area contributed by atoms with Crippen LogP contribution in [0.25, 0.3) is 6.08 Å². The lowest BCUT2D eigenvalue weighted by Gasteiger charge is -2.08. The van der Waals surface area contributed by atoms with Crippen molar-refractivity contribution in [3.63, 3.8) is 0 Å². The molecule has 0 unspecified atom stereocenters. The molecule has 29 heavy (non-hydrogen) atoms. The van der Waals surface area contributed by atoms with E-state index >= 15 is 0 Å². The highest BCUT2D eigenvalue weighted by molar-refractivity contribution is 14.1. The van der Waals surface area contributed by atoms with Crippen LogP contribution in [-0.4, -0.2) is 30.7 Å². The molecule has 0 saturated heterocycles. The molecule has 0 aliphatic carbocycles. The van der Waals surface area contributed by atoms with E-state index in [1.54, 1.807) is 19.9 Å². The highest BCUT2D eigenvalue weighted by Crippen LogP contribution is 2.34. The van der Waals surface area contributed by atoms with E-state index in [9.17, 15) is 20.0 Å². The van der Waals surface area contributed by atoms with E-state index in [4.69, 9.17) is 9.47 Å². The fourth-order valence-electron chi connectivity index (χ4n) is 2.48. The number of methoxy groups -OCH3 is 1. The van der Waals surface area contributed by atoms with Crippen molar-refractivity contribution in [2.45, 2.75) is 20.8 Å². The number of nitrogens with one attached hydrogen (secondary N) is 1. The number of carbonyl (C=O) groups excluding carboxylic acids is 2. The number of nitrogens with zero attached hydrogens (tertiary/aromatic N) is 1. The largest absolute Gasteiger partial charge is 0.504 e. The second kappa shape index (κ2) is 9.76. The van der Waals surface area contributed by atoms with Gasteiger partial charge in [0.1, 0.15) is 16.6 Å². The van der Waals surface area contributed by atoms with E-state index in [1.165, 1.54) is 30.6 Å². The predicted octanol–water partition coefficient (Wildman–Crippen LogP) is 4.41. The topological polar surface area (TPSA) is 109 Å². The summed E-state index contributed by atoms with van der Waals surface area (Å²) in [5, 5.41) is 22.4. The van der Waals surface area contributed by atoms with E-state index in [1.807, 2.05) is 35.6 Å². The Labute approximate surface area is 186 Å². The molecule has 0 radical (unpaired) electrons. The van der Waals surface area contributed by atoms with Gasteiger partial charge in [0.15, 0.2) is 11.5 Å². The zero-order chi connectivity index (χ0) is 21.7. The van der Waals surface area contributed by atoms with Crippen LogP contribution in [-0.2, 0) is 9.53 Å². The summed E-state index contributed by atoms with van der Waals surface area (Å²) < 4.78 is 10.7. The van der Waals surface area contributed by atoms with Crippen molar-refractivity contribution in [3.8, 4) is 17.6 Å². The number of esters is 1. The number of rotatable bonds is 6. The molecule has 9 heteroatoms. The summed E-state index contributed by atoms with van der Waals surface area (Å²) in [7, 11) is 1.41. The van der Waals surface area contributed by atoms with E-state index in [0.29, 0.717) is 19.7 Å². The van der Waals surface area contributed by atoms with Crippen LogP contribution in [0.3, 0.4) is 0 Å². The summed E-state index contributed by atoms with van der Waals surface area (Å²) in [6.45, 7) is 5.53. The lowest BCUT2D eigenvalue weighted by Crippen LogP contribution is -2.16. The quantitative estimate of drug-likeness (QED) is 0.250. The van der Waals surface area contributed by atoms with Gasteiger partial charge in [-0.2, -0.15) is 5.26 Å². The van der Waals surface area contributed by atoms with Crippen molar-refractivity contribution in [2.75, 3.05) is 19.0 Å². The fraction of sp³-hybridized carbons (Fsp3) is 0.250. The van der Waals surface area contributed by atoms with Crippen molar-refractivity contribution in [3.05, 3.63) is 42.8 Å². The average molecular weight is 526 g/mol. The summed E-state index contributed by atoms with van der Waals surface area (Å²) in [5.41, 5.74) is 1.37. The number of thiophene rings is 1. The van der Waals surface area contributed by atoms with Crippen molar-refractivity contribution < 1.29 is 24.2 Å². The minimum absolute atomic E-state index is 0.0168. The summed E-state index contributed by atoms with van der Waals surface area (Å²) >= 11 is 3.17. The van der Waals surface area contributed by atoms with Gasteiger partial charge in [-0.3, -0.25) is 4.79 Å². The lowest BCUT2D eigenvalue weighted by molar-refractivity contribution is -0.112. The second-order valence-corrected chi connectivity index (χ2v) is 8.27. The molecule has 0 spiro atoms. The fourth-order valence-corrected chi connectivity index (χ4v) is 4.15. The second-order valence-electron chi connectivity index (χ2n) is 5.89. The normalized spacial score (nSPS) is 11.0. The van der Waals surface area contributed by atoms with Gasteiger partial charge in [0, 0.05) is 4.88 Å². The number of benzene rings is 1. The van der Waals surface area contributed by atoms with Gasteiger partial charge >= 0.3 is 5.97 Å². The van der Waals surface area contributed by atoms with E-state index in [2.05, 4.69) is 5.32 Å². The van der Waals surface area contributed by atoms with Crippen LogP contribution in [0, 0.1) is 28.7 Å². The Morgan fingerprint density at radius 1 is 1.38 bits per heavy atom. The van der Waals surface area contributed by atoms with Crippen LogP contribution >= 0.6 is 33.9 Å². The minimum Gasteiger partial charge on any atom is -0.504 e. The summed E-state index contributed by atoms with van der Waals surface area (Å²) in [5.74, 6) is -0.960. The first kappa shape index (κ1) is 22.7. The molecular weight excluding hydrogens is 507 g/mol. The first-order valence-corrected chi connectivity index (χ1v) is 10.4. The standard InChI is InChI=1S/C20H19IN2O5S/c1-5-28-20(26)16-10(2)11(3)29-19(16)23-18(25)13(9-22)6-12-7-14(21)17(24)15(8-12)27-4/h6-8,24H,5H2,1-4H3,(H,23,25). The molecule has 1 aromatic carbocycles. The Hall–Kier alpha value is -2.58. The number of aromatic hydroxyl groups is 1. The number of aryl methyl sites for hydroxylation is 1.